The van der Waals surface area contributed by atoms with E-state index in [1.807, 2.05) is 25.1 Å². The zero-order valence-electron chi connectivity index (χ0n) is 21.4. The van der Waals surface area contributed by atoms with Crippen LogP contribution in [0.3, 0.4) is 0 Å². The van der Waals surface area contributed by atoms with E-state index in [-0.39, 0.29) is 16.5 Å². The van der Waals surface area contributed by atoms with Gasteiger partial charge in [-0.1, -0.05) is 41.6 Å². The van der Waals surface area contributed by atoms with Crippen LogP contribution < -0.4 is 10.0 Å². The van der Waals surface area contributed by atoms with Crippen LogP contribution in [0, 0.1) is 17.0 Å². The first kappa shape index (κ1) is 28.0. The topological polar surface area (TPSA) is 149 Å². The lowest BCUT2D eigenvalue weighted by molar-refractivity contribution is -0.384. The second kappa shape index (κ2) is 11.8. The molecule has 202 valence electrons. The lowest BCUT2D eigenvalue weighted by Crippen LogP contribution is -2.28. The summed E-state index contributed by atoms with van der Waals surface area (Å²) in [7, 11) is -3.96. The number of rotatable bonds is 10. The van der Waals surface area contributed by atoms with Gasteiger partial charge in [-0.05, 0) is 55.8 Å². The number of anilines is 1. The van der Waals surface area contributed by atoms with Gasteiger partial charge in [0.2, 0.25) is 15.9 Å². The molecular weight excluding hydrogens is 540 g/mol. The van der Waals surface area contributed by atoms with Crippen LogP contribution in [-0.2, 0) is 20.6 Å². The molecule has 3 aromatic carbocycles. The summed E-state index contributed by atoms with van der Waals surface area (Å²) < 4.78 is 30.6. The number of hydrogen-bond acceptors (Lipinski definition) is 8. The third-order valence-corrected chi connectivity index (χ3v) is 8.19. The van der Waals surface area contributed by atoms with E-state index in [0.29, 0.717) is 28.1 Å². The van der Waals surface area contributed by atoms with Gasteiger partial charge in [-0.2, -0.15) is 0 Å². The van der Waals surface area contributed by atoms with Gasteiger partial charge in [0.1, 0.15) is 0 Å². The Kier molecular flexibility index (Phi) is 8.43. The molecule has 0 saturated heterocycles. The van der Waals surface area contributed by atoms with E-state index in [4.69, 9.17) is 0 Å². The summed E-state index contributed by atoms with van der Waals surface area (Å²) in [6, 6.07) is 18.9. The summed E-state index contributed by atoms with van der Waals surface area (Å²) in [6.45, 7) is 5.01. The van der Waals surface area contributed by atoms with Crippen molar-refractivity contribution in [1.82, 2.24) is 19.5 Å². The van der Waals surface area contributed by atoms with Crippen LogP contribution in [0.15, 0.2) is 82.8 Å². The van der Waals surface area contributed by atoms with E-state index in [9.17, 15) is 23.3 Å². The zero-order chi connectivity index (χ0) is 28.2. The molecule has 4 aromatic rings. The Hall–Kier alpha value is -4.07. The number of carbonyl (C=O) groups is 1. The predicted octanol–water partition coefficient (Wildman–Crippen LogP) is 4.77. The van der Waals surface area contributed by atoms with Crippen LogP contribution >= 0.6 is 11.8 Å². The number of nitro groups is 1. The molecule has 0 fully saturated rings. The largest absolute Gasteiger partial charge is 0.326 e. The van der Waals surface area contributed by atoms with Crippen molar-refractivity contribution in [2.45, 2.75) is 42.6 Å². The van der Waals surface area contributed by atoms with Crippen molar-refractivity contribution in [3.05, 3.63) is 99.9 Å². The lowest BCUT2D eigenvalue weighted by Gasteiger charge is -2.17. The van der Waals surface area contributed by atoms with Gasteiger partial charge >= 0.3 is 0 Å². The number of non-ortho nitro benzene ring substituents is 1. The Balaban J connectivity index is 1.64. The molecule has 0 aliphatic carbocycles. The summed E-state index contributed by atoms with van der Waals surface area (Å²) in [6.07, 6.45) is 0. The standard InChI is InChI=1S/C26H26N6O5S2/c1-17-5-4-6-20(15-17)16-38-26-29-28-25(31(26)22-9-11-23(12-10-22)32(34)35)18(2)30-39(36,37)24-13-7-21(8-14-24)27-19(3)33/h4-15,18,30H,16H2,1-3H3,(H,27,33). The molecule has 0 saturated carbocycles. The monoisotopic (exact) mass is 566 g/mol. The Labute approximate surface area is 229 Å². The fourth-order valence-corrected chi connectivity index (χ4v) is 5.95. The highest BCUT2D eigenvalue weighted by Crippen LogP contribution is 2.29. The van der Waals surface area contributed by atoms with Gasteiger partial charge in [-0.25, -0.2) is 13.1 Å². The van der Waals surface area contributed by atoms with Crippen molar-refractivity contribution in [3.63, 3.8) is 0 Å². The van der Waals surface area contributed by atoms with Gasteiger partial charge in [0.15, 0.2) is 11.0 Å². The minimum atomic E-state index is -3.96. The average Bonchev–Trinajstić information content (AvgIpc) is 3.31. The van der Waals surface area contributed by atoms with Crippen molar-refractivity contribution in [3.8, 4) is 5.69 Å². The number of nitrogens with zero attached hydrogens (tertiary/aromatic N) is 4. The molecule has 0 aliphatic heterocycles. The summed E-state index contributed by atoms with van der Waals surface area (Å²) >= 11 is 1.42. The van der Waals surface area contributed by atoms with E-state index in [1.54, 1.807) is 23.6 Å². The number of sulfonamides is 1. The molecule has 39 heavy (non-hydrogen) atoms. The third kappa shape index (κ3) is 6.88. The highest BCUT2D eigenvalue weighted by atomic mass is 32.2. The van der Waals surface area contributed by atoms with E-state index in [0.717, 1.165) is 11.1 Å². The minimum absolute atomic E-state index is 0.0129. The summed E-state index contributed by atoms with van der Waals surface area (Å²) in [5, 5.41) is 22.9. The first-order valence-corrected chi connectivity index (χ1v) is 14.3. The molecule has 13 heteroatoms. The Morgan fingerprint density at radius 1 is 1.08 bits per heavy atom. The molecule has 0 spiro atoms. The fourth-order valence-electron chi connectivity index (χ4n) is 3.85. The summed E-state index contributed by atoms with van der Waals surface area (Å²) in [5.74, 6) is 0.640. The normalized spacial score (nSPS) is 12.2. The highest BCUT2D eigenvalue weighted by Gasteiger charge is 2.25. The quantitative estimate of drug-likeness (QED) is 0.158. The van der Waals surface area contributed by atoms with Crippen LogP contribution in [0.2, 0.25) is 0 Å². The first-order chi connectivity index (χ1) is 18.5. The molecule has 1 atom stereocenters. The molecule has 0 aliphatic rings. The van der Waals surface area contributed by atoms with Crippen molar-refractivity contribution < 1.29 is 18.1 Å². The maximum atomic E-state index is 13.1. The van der Waals surface area contributed by atoms with Gasteiger partial charge in [0, 0.05) is 36.2 Å². The van der Waals surface area contributed by atoms with E-state index in [2.05, 4.69) is 26.3 Å². The lowest BCUT2D eigenvalue weighted by atomic mass is 10.2. The van der Waals surface area contributed by atoms with Crippen molar-refractivity contribution >= 4 is 39.1 Å². The molecule has 0 bridgehead atoms. The number of aryl methyl sites for hydroxylation is 1. The Bertz CT molecular complexity index is 1600. The molecule has 4 rings (SSSR count). The van der Waals surface area contributed by atoms with Gasteiger partial charge in [-0.3, -0.25) is 19.5 Å². The maximum absolute atomic E-state index is 13.1. The van der Waals surface area contributed by atoms with E-state index in [1.165, 1.54) is 55.1 Å². The number of nitro benzene ring substituents is 1. The molecular formula is C26H26N6O5S2. The fraction of sp³-hybridized carbons (Fsp3) is 0.192. The van der Waals surface area contributed by atoms with Gasteiger partial charge in [0.05, 0.1) is 15.9 Å². The van der Waals surface area contributed by atoms with Crippen LogP contribution in [0.25, 0.3) is 5.69 Å². The smallest absolute Gasteiger partial charge is 0.269 e. The minimum Gasteiger partial charge on any atom is -0.326 e. The first-order valence-electron chi connectivity index (χ1n) is 11.8. The molecule has 11 nitrogen and oxygen atoms in total. The number of nitrogens with one attached hydrogen (secondary N) is 2. The molecule has 1 amide bonds. The molecule has 0 radical (unpaired) electrons. The number of amides is 1. The number of thioether (sulfide) groups is 1. The third-order valence-electron chi connectivity index (χ3n) is 5.63. The molecule has 1 aromatic heterocycles. The number of aromatic nitrogens is 3. The SMILES string of the molecule is CC(=O)Nc1ccc(S(=O)(=O)NC(C)c2nnc(SCc3cccc(C)c3)n2-c2ccc([N+](=O)[O-])cc2)cc1. The van der Waals surface area contributed by atoms with Crippen molar-refractivity contribution in [1.29, 1.82) is 0 Å². The van der Waals surface area contributed by atoms with Crippen LogP contribution in [0.4, 0.5) is 11.4 Å². The second-order valence-electron chi connectivity index (χ2n) is 8.78. The maximum Gasteiger partial charge on any atom is 0.269 e. The Morgan fingerprint density at radius 3 is 2.38 bits per heavy atom. The highest BCUT2D eigenvalue weighted by molar-refractivity contribution is 7.98. The van der Waals surface area contributed by atoms with Crippen LogP contribution in [0.5, 0.6) is 0 Å². The molecule has 2 N–H and O–H groups in total. The number of benzene rings is 3. The predicted molar refractivity (Wildman–Crippen MR) is 148 cm³/mol. The van der Waals surface area contributed by atoms with Crippen molar-refractivity contribution in [2.24, 2.45) is 0 Å². The zero-order valence-corrected chi connectivity index (χ0v) is 23.0. The number of carbonyl (C=O) groups excluding carboxylic acids is 1. The van der Waals surface area contributed by atoms with E-state index < -0.39 is 21.0 Å². The summed E-state index contributed by atoms with van der Waals surface area (Å²) in [5.41, 5.74) is 3.16. The van der Waals surface area contributed by atoms with Crippen LogP contribution in [-0.4, -0.2) is 34.0 Å². The number of hydrogen-bond donors (Lipinski definition) is 2. The average molecular weight is 567 g/mol. The molecule has 1 unspecified atom stereocenters. The van der Waals surface area contributed by atoms with Gasteiger partial charge in [-0.15, -0.1) is 10.2 Å². The second-order valence-corrected chi connectivity index (χ2v) is 11.4. The Morgan fingerprint density at radius 2 is 1.77 bits per heavy atom. The van der Waals surface area contributed by atoms with Crippen LogP contribution in [0.1, 0.15) is 36.8 Å². The molecule has 1 heterocycles. The van der Waals surface area contributed by atoms with Gasteiger partial charge < -0.3 is 5.32 Å². The summed E-state index contributed by atoms with van der Waals surface area (Å²) in [4.78, 5) is 21.9. The van der Waals surface area contributed by atoms with Crippen molar-refractivity contribution in [2.75, 3.05) is 5.32 Å². The van der Waals surface area contributed by atoms with Gasteiger partial charge in [0.25, 0.3) is 5.69 Å². The van der Waals surface area contributed by atoms with E-state index >= 15 is 0 Å².